The zero-order chi connectivity index (χ0) is 15.5. The van der Waals surface area contributed by atoms with Gasteiger partial charge < -0.3 is 9.64 Å². The molecule has 0 aromatic heterocycles. The first-order valence-electron chi connectivity index (χ1n) is 7.79. The first kappa shape index (κ1) is 14.9. The van der Waals surface area contributed by atoms with Gasteiger partial charge in [-0.3, -0.25) is 9.69 Å². The van der Waals surface area contributed by atoms with Crippen molar-refractivity contribution in [3.8, 4) is 11.8 Å². The third-order valence-corrected chi connectivity index (χ3v) is 4.45. The van der Waals surface area contributed by atoms with Gasteiger partial charge in [0.1, 0.15) is 11.8 Å². The molecule has 1 aromatic rings. The van der Waals surface area contributed by atoms with Crippen LogP contribution in [0.2, 0.25) is 0 Å². The Balaban J connectivity index is 1.65. The molecule has 3 rings (SSSR count). The van der Waals surface area contributed by atoms with Crippen LogP contribution in [0.25, 0.3) is 0 Å². The van der Waals surface area contributed by atoms with E-state index in [1.807, 2.05) is 29.2 Å². The number of ether oxygens (including phenoxy) is 1. The quantitative estimate of drug-likeness (QED) is 0.851. The van der Waals surface area contributed by atoms with Gasteiger partial charge in [-0.25, -0.2) is 0 Å². The van der Waals surface area contributed by atoms with Crippen LogP contribution >= 0.6 is 0 Å². The van der Waals surface area contributed by atoms with Crippen molar-refractivity contribution in [3.63, 3.8) is 0 Å². The van der Waals surface area contributed by atoms with Crippen molar-refractivity contribution in [2.45, 2.75) is 18.9 Å². The predicted molar refractivity (Wildman–Crippen MR) is 82.2 cm³/mol. The highest BCUT2D eigenvalue weighted by atomic mass is 16.5. The molecule has 1 atom stereocenters. The highest BCUT2D eigenvalue weighted by Crippen LogP contribution is 2.32. The number of benzene rings is 1. The molecular weight excluding hydrogens is 278 g/mol. The fourth-order valence-corrected chi connectivity index (χ4v) is 2.97. The molecule has 116 valence electrons. The van der Waals surface area contributed by atoms with Gasteiger partial charge in [0.05, 0.1) is 13.2 Å². The molecule has 1 aliphatic heterocycles. The van der Waals surface area contributed by atoms with Crippen LogP contribution < -0.4 is 4.74 Å². The van der Waals surface area contributed by atoms with Crippen LogP contribution in [-0.2, 0) is 4.79 Å². The smallest absolute Gasteiger partial charge is 0.225 e. The minimum Gasteiger partial charge on any atom is -0.497 e. The van der Waals surface area contributed by atoms with Gasteiger partial charge in [-0.1, -0.05) is 12.1 Å². The molecule has 5 heteroatoms. The van der Waals surface area contributed by atoms with Crippen molar-refractivity contribution in [1.29, 1.82) is 5.26 Å². The molecule has 1 unspecified atom stereocenters. The minimum absolute atomic E-state index is 0.275. The molecule has 0 N–H and O–H groups in total. The van der Waals surface area contributed by atoms with E-state index >= 15 is 0 Å². The summed E-state index contributed by atoms with van der Waals surface area (Å²) >= 11 is 0. The lowest BCUT2D eigenvalue weighted by Crippen LogP contribution is -2.49. The predicted octanol–water partition coefficient (Wildman–Crippen LogP) is 1.81. The van der Waals surface area contributed by atoms with E-state index in [-0.39, 0.29) is 12.0 Å². The van der Waals surface area contributed by atoms with Crippen molar-refractivity contribution in [2.24, 2.45) is 5.92 Å². The van der Waals surface area contributed by atoms with Crippen LogP contribution in [0.4, 0.5) is 0 Å². The maximum atomic E-state index is 12.1. The molecule has 1 saturated heterocycles. The Morgan fingerprint density at radius 1 is 1.32 bits per heavy atom. The number of hydrogen-bond donors (Lipinski definition) is 0. The first-order valence-corrected chi connectivity index (χ1v) is 7.79. The number of carbonyl (C=O) groups is 1. The van der Waals surface area contributed by atoms with Crippen molar-refractivity contribution < 1.29 is 9.53 Å². The average molecular weight is 299 g/mol. The molecule has 2 fully saturated rings. The molecule has 1 aliphatic carbocycles. The number of amides is 1. The third kappa shape index (κ3) is 3.07. The molecule has 1 saturated carbocycles. The Kier molecular flexibility index (Phi) is 4.30. The van der Waals surface area contributed by atoms with Gasteiger partial charge in [-0.15, -0.1) is 0 Å². The van der Waals surface area contributed by atoms with Gasteiger partial charge in [0, 0.05) is 32.1 Å². The second-order valence-electron chi connectivity index (χ2n) is 5.94. The van der Waals surface area contributed by atoms with Crippen LogP contribution in [0.5, 0.6) is 5.75 Å². The molecule has 22 heavy (non-hydrogen) atoms. The summed E-state index contributed by atoms with van der Waals surface area (Å²) in [5, 5.41) is 9.56. The summed E-state index contributed by atoms with van der Waals surface area (Å²) in [6.07, 6.45) is 2.09. The fraction of sp³-hybridized carbons (Fsp3) is 0.529. The van der Waals surface area contributed by atoms with Crippen molar-refractivity contribution in [1.82, 2.24) is 9.80 Å². The molecule has 1 heterocycles. The summed E-state index contributed by atoms with van der Waals surface area (Å²) in [6.45, 7) is 2.93. The summed E-state index contributed by atoms with van der Waals surface area (Å²) in [6, 6.07) is 9.76. The molecular formula is C17H21N3O2. The molecule has 0 spiro atoms. The highest BCUT2D eigenvalue weighted by Gasteiger charge is 2.35. The molecule has 1 aromatic carbocycles. The van der Waals surface area contributed by atoms with Gasteiger partial charge in [-0.2, -0.15) is 5.26 Å². The van der Waals surface area contributed by atoms with E-state index in [1.54, 1.807) is 7.11 Å². The number of piperazine rings is 1. The second-order valence-corrected chi connectivity index (χ2v) is 5.94. The maximum Gasteiger partial charge on any atom is 0.225 e. The Labute approximate surface area is 131 Å². The summed E-state index contributed by atoms with van der Waals surface area (Å²) < 4.78 is 5.24. The van der Waals surface area contributed by atoms with Gasteiger partial charge in [-0.05, 0) is 30.5 Å². The number of carbonyl (C=O) groups excluding carboxylic acids is 1. The Bertz CT molecular complexity index is 584. The number of hydrogen-bond acceptors (Lipinski definition) is 4. The molecule has 0 radical (unpaired) electrons. The Morgan fingerprint density at radius 3 is 2.64 bits per heavy atom. The van der Waals surface area contributed by atoms with Crippen molar-refractivity contribution in [2.75, 3.05) is 33.3 Å². The van der Waals surface area contributed by atoms with Crippen LogP contribution in [-0.4, -0.2) is 49.0 Å². The summed E-state index contributed by atoms with van der Waals surface area (Å²) in [4.78, 5) is 16.2. The number of nitriles is 1. The second kappa shape index (κ2) is 6.37. The van der Waals surface area contributed by atoms with Crippen LogP contribution in [0, 0.1) is 17.2 Å². The standard InChI is InChI=1S/C17H21N3O2/c1-22-15-4-2-3-14(11-15)16(12-18)19-7-9-20(10-8-19)17(21)13-5-6-13/h2-4,11,13,16H,5-10H2,1H3. The lowest BCUT2D eigenvalue weighted by Gasteiger charge is -2.37. The lowest BCUT2D eigenvalue weighted by molar-refractivity contribution is -0.134. The summed E-state index contributed by atoms with van der Waals surface area (Å²) in [5.74, 6) is 1.34. The number of methoxy groups -OCH3 is 1. The zero-order valence-corrected chi connectivity index (χ0v) is 12.9. The summed E-state index contributed by atoms with van der Waals surface area (Å²) in [5.41, 5.74) is 0.948. The van der Waals surface area contributed by atoms with Crippen LogP contribution in [0.1, 0.15) is 24.4 Å². The fourth-order valence-electron chi connectivity index (χ4n) is 2.97. The Morgan fingerprint density at radius 2 is 2.05 bits per heavy atom. The topological polar surface area (TPSA) is 56.6 Å². The van der Waals surface area contributed by atoms with Gasteiger partial charge in [0.25, 0.3) is 0 Å². The van der Waals surface area contributed by atoms with E-state index in [2.05, 4.69) is 11.0 Å². The van der Waals surface area contributed by atoms with Gasteiger partial charge in [0.2, 0.25) is 5.91 Å². The third-order valence-electron chi connectivity index (χ3n) is 4.45. The van der Waals surface area contributed by atoms with Crippen molar-refractivity contribution >= 4 is 5.91 Å². The van der Waals surface area contributed by atoms with E-state index in [9.17, 15) is 10.1 Å². The molecule has 2 aliphatic rings. The number of rotatable bonds is 4. The lowest BCUT2D eigenvalue weighted by atomic mass is 10.1. The van der Waals surface area contributed by atoms with E-state index in [0.717, 1.165) is 50.3 Å². The molecule has 5 nitrogen and oxygen atoms in total. The van der Waals surface area contributed by atoms with Gasteiger partial charge >= 0.3 is 0 Å². The average Bonchev–Trinajstić information content (AvgIpc) is 3.41. The minimum atomic E-state index is -0.284. The first-order chi connectivity index (χ1) is 10.7. The van der Waals surface area contributed by atoms with Crippen molar-refractivity contribution in [3.05, 3.63) is 29.8 Å². The van der Waals surface area contributed by atoms with E-state index in [0.29, 0.717) is 5.91 Å². The largest absolute Gasteiger partial charge is 0.497 e. The molecule has 1 amide bonds. The maximum absolute atomic E-state index is 12.1. The van der Waals surface area contributed by atoms with E-state index in [1.165, 1.54) is 0 Å². The monoisotopic (exact) mass is 299 g/mol. The van der Waals surface area contributed by atoms with E-state index in [4.69, 9.17) is 4.74 Å². The molecule has 0 bridgehead atoms. The normalized spacial score (nSPS) is 20.3. The Hall–Kier alpha value is -2.06. The number of nitrogens with zero attached hydrogens (tertiary/aromatic N) is 3. The SMILES string of the molecule is COc1cccc(C(C#N)N2CCN(C(=O)C3CC3)CC2)c1. The van der Waals surface area contributed by atoms with E-state index < -0.39 is 0 Å². The van der Waals surface area contributed by atoms with Crippen LogP contribution in [0.15, 0.2) is 24.3 Å². The van der Waals surface area contributed by atoms with Crippen LogP contribution in [0.3, 0.4) is 0 Å². The zero-order valence-electron chi connectivity index (χ0n) is 12.9. The summed E-state index contributed by atoms with van der Waals surface area (Å²) in [7, 11) is 1.63. The van der Waals surface area contributed by atoms with Gasteiger partial charge in [0.15, 0.2) is 0 Å². The highest BCUT2D eigenvalue weighted by molar-refractivity contribution is 5.81.